The number of carbonyl (C=O) groups is 2. The topological polar surface area (TPSA) is 87.1 Å². The third kappa shape index (κ3) is 1.70. The van der Waals surface area contributed by atoms with E-state index in [-0.39, 0.29) is 34.7 Å². The smallest absolute Gasteiger partial charge is 0.192 e. The SMILES string of the molecule is C[C@]12C=CC(=O)C=C1CC[C@@H]1C2C(O)C[C@]23O[C@]2(C(=O)CO)CC[C@@H]13. The molecule has 7 atom stereocenters. The van der Waals surface area contributed by atoms with Crippen molar-refractivity contribution in [2.45, 2.75) is 56.3 Å². The maximum absolute atomic E-state index is 12.3. The Morgan fingerprint density at radius 2 is 2.20 bits per heavy atom. The molecule has 4 aliphatic carbocycles. The standard InChI is InChI=1S/C20H24O5/c1-18-6-4-12(22)8-11(18)2-3-13-14-5-7-19(16(24)10-21)20(14,25-19)9-15(23)17(13)18/h4,6,8,13-15,17,21,23H,2-3,5,7,9-10H2,1H3/t13-,14-,15?,17?,18-,19-,20+/m0/s1. The molecule has 0 aromatic rings. The molecule has 3 saturated carbocycles. The number of rotatable bonds is 2. The molecule has 2 unspecified atom stereocenters. The van der Waals surface area contributed by atoms with Crippen LogP contribution in [0.2, 0.25) is 0 Å². The number of carbonyl (C=O) groups excluding carboxylic acids is 2. The van der Waals surface area contributed by atoms with Crippen LogP contribution >= 0.6 is 0 Å². The first-order valence-corrected chi connectivity index (χ1v) is 9.35. The second kappa shape index (κ2) is 4.70. The van der Waals surface area contributed by atoms with E-state index in [4.69, 9.17) is 4.74 Å². The first-order chi connectivity index (χ1) is 11.9. The van der Waals surface area contributed by atoms with Gasteiger partial charge in [0.1, 0.15) is 12.2 Å². The van der Waals surface area contributed by atoms with Crippen molar-refractivity contribution in [3.63, 3.8) is 0 Å². The van der Waals surface area contributed by atoms with E-state index in [0.29, 0.717) is 12.8 Å². The maximum Gasteiger partial charge on any atom is 0.192 e. The van der Waals surface area contributed by atoms with E-state index >= 15 is 0 Å². The summed E-state index contributed by atoms with van der Waals surface area (Å²) in [6.45, 7) is 1.64. The summed E-state index contributed by atoms with van der Waals surface area (Å²) in [6.07, 6.45) is 8.58. The zero-order valence-electron chi connectivity index (χ0n) is 14.4. The molecule has 1 heterocycles. The Bertz CT molecular complexity index is 738. The van der Waals surface area contributed by atoms with Gasteiger partial charge in [0, 0.05) is 17.8 Å². The first-order valence-electron chi connectivity index (χ1n) is 9.35. The van der Waals surface area contributed by atoms with Crippen molar-refractivity contribution in [2.75, 3.05) is 6.61 Å². The van der Waals surface area contributed by atoms with Crippen LogP contribution in [0.1, 0.15) is 39.0 Å². The number of ether oxygens (including phenoxy) is 1. The predicted octanol–water partition coefficient (Wildman–Crippen LogP) is 1.33. The van der Waals surface area contributed by atoms with Crippen LogP contribution < -0.4 is 0 Å². The molecule has 5 aliphatic rings. The van der Waals surface area contributed by atoms with Gasteiger partial charge in [0.05, 0.1) is 6.10 Å². The van der Waals surface area contributed by atoms with Crippen molar-refractivity contribution < 1.29 is 24.5 Å². The number of ketones is 2. The molecule has 4 fully saturated rings. The highest BCUT2D eigenvalue weighted by molar-refractivity contribution is 6.01. The zero-order chi connectivity index (χ0) is 17.6. The molecule has 0 amide bonds. The van der Waals surface area contributed by atoms with Crippen molar-refractivity contribution >= 4 is 11.6 Å². The fraction of sp³-hybridized carbons (Fsp3) is 0.700. The van der Waals surface area contributed by atoms with Gasteiger partial charge in [-0.1, -0.05) is 18.6 Å². The van der Waals surface area contributed by atoms with Gasteiger partial charge in [0.25, 0.3) is 0 Å². The van der Waals surface area contributed by atoms with E-state index in [2.05, 4.69) is 6.92 Å². The van der Waals surface area contributed by atoms with Crippen molar-refractivity contribution in [1.29, 1.82) is 0 Å². The molecule has 1 spiro atoms. The minimum atomic E-state index is -0.853. The van der Waals surface area contributed by atoms with Gasteiger partial charge in [-0.05, 0) is 49.7 Å². The number of allylic oxidation sites excluding steroid dienone is 4. The summed E-state index contributed by atoms with van der Waals surface area (Å²) < 4.78 is 6.03. The monoisotopic (exact) mass is 344 g/mol. The van der Waals surface area contributed by atoms with Gasteiger partial charge in [-0.15, -0.1) is 0 Å². The quantitative estimate of drug-likeness (QED) is 0.738. The third-order valence-electron chi connectivity index (χ3n) is 7.95. The van der Waals surface area contributed by atoms with Crippen LogP contribution in [-0.4, -0.2) is 45.7 Å². The van der Waals surface area contributed by atoms with Crippen LogP contribution in [0.3, 0.4) is 0 Å². The second-order valence-electron chi connectivity index (χ2n) is 8.73. The zero-order valence-corrected chi connectivity index (χ0v) is 14.4. The molecule has 25 heavy (non-hydrogen) atoms. The lowest BCUT2D eigenvalue weighted by Crippen LogP contribution is -2.56. The molecule has 1 saturated heterocycles. The normalized spacial score (nSPS) is 52.6. The van der Waals surface area contributed by atoms with Crippen LogP contribution in [-0.2, 0) is 14.3 Å². The molecule has 5 heteroatoms. The van der Waals surface area contributed by atoms with E-state index in [9.17, 15) is 19.8 Å². The van der Waals surface area contributed by atoms with Crippen molar-refractivity contribution in [3.8, 4) is 0 Å². The highest BCUT2D eigenvalue weighted by atomic mass is 16.6. The van der Waals surface area contributed by atoms with Gasteiger partial charge in [0.2, 0.25) is 0 Å². The Morgan fingerprint density at radius 1 is 1.40 bits per heavy atom. The number of hydrogen-bond acceptors (Lipinski definition) is 5. The summed E-state index contributed by atoms with van der Waals surface area (Å²) in [5.74, 6) is 0.384. The van der Waals surface area contributed by atoms with Gasteiger partial charge in [-0.3, -0.25) is 9.59 Å². The lowest BCUT2D eigenvalue weighted by molar-refractivity contribution is -0.127. The average Bonchev–Trinajstić information content (AvgIpc) is 3.11. The predicted molar refractivity (Wildman–Crippen MR) is 88.5 cm³/mol. The third-order valence-corrected chi connectivity index (χ3v) is 7.95. The Kier molecular flexibility index (Phi) is 2.99. The van der Waals surface area contributed by atoms with E-state index in [1.165, 1.54) is 0 Å². The Hall–Kier alpha value is -1.30. The average molecular weight is 344 g/mol. The molecule has 2 N–H and O–H groups in total. The van der Waals surface area contributed by atoms with Crippen LogP contribution in [0, 0.1) is 23.2 Å². The van der Waals surface area contributed by atoms with Gasteiger partial charge < -0.3 is 14.9 Å². The summed E-state index contributed by atoms with van der Waals surface area (Å²) in [4.78, 5) is 24.1. The Morgan fingerprint density at radius 3 is 2.96 bits per heavy atom. The summed E-state index contributed by atoms with van der Waals surface area (Å²) in [7, 11) is 0. The van der Waals surface area contributed by atoms with Gasteiger partial charge >= 0.3 is 0 Å². The molecule has 0 aromatic heterocycles. The molecule has 5 rings (SSSR count). The summed E-state index contributed by atoms with van der Waals surface area (Å²) in [5, 5.41) is 20.4. The van der Waals surface area contributed by atoms with E-state index < -0.39 is 23.9 Å². The van der Waals surface area contributed by atoms with Crippen molar-refractivity contribution in [2.24, 2.45) is 23.2 Å². The number of epoxide rings is 1. The van der Waals surface area contributed by atoms with E-state index in [1.807, 2.05) is 6.08 Å². The lowest BCUT2D eigenvalue weighted by atomic mass is 9.49. The fourth-order valence-electron chi connectivity index (χ4n) is 6.92. The summed E-state index contributed by atoms with van der Waals surface area (Å²) >= 11 is 0. The Labute approximate surface area is 146 Å². The first kappa shape index (κ1) is 15.9. The minimum absolute atomic E-state index is 0.0339. The second-order valence-corrected chi connectivity index (χ2v) is 8.73. The number of Topliss-reactive ketones (excluding diaryl/α,β-unsaturated/α-hetero) is 1. The molecular formula is C20H24O5. The van der Waals surface area contributed by atoms with Crippen LogP contribution in [0.15, 0.2) is 23.8 Å². The van der Waals surface area contributed by atoms with Crippen LogP contribution in [0.4, 0.5) is 0 Å². The molecule has 134 valence electrons. The lowest BCUT2D eigenvalue weighted by Gasteiger charge is -2.55. The molecule has 5 nitrogen and oxygen atoms in total. The number of aliphatic hydroxyl groups is 2. The van der Waals surface area contributed by atoms with Crippen molar-refractivity contribution in [1.82, 2.24) is 0 Å². The largest absolute Gasteiger partial charge is 0.393 e. The molecule has 0 radical (unpaired) electrons. The minimum Gasteiger partial charge on any atom is -0.393 e. The Balaban J connectivity index is 1.53. The van der Waals surface area contributed by atoms with Gasteiger partial charge in [-0.25, -0.2) is 0 Å². The number of aliphatic hydroxyl groups excluding tert-OH is 2. The van der Waals surface area contributed by atoms with Crippen LogP contribution in [0.25, 0.3) is 0 Å². The van der Waals surface area contributed by atoms with Gasteiger partial charge in [-0.2, -0.15) is 0 Å². The highest BCUT2D eigenvalue weighted by Crippen LogP contribution is 2.73. The maximum atomic E-state index is 12.3. The highest BCUT2D eigenvalue weighted by Gasteiger charge is 2.83. The molecule has 1 aliphatic heterocycles. The summed E-state index contributed by atoms with van der Waals surface area (Å²) in [5.41, 5.74) is -0.588. The summed E-state index contributed by atoms with van der Waals surface area (Å²) in [6, 6.07) is 0. The molecular weight excluding hydrogens is 320 g/mol. The van der Waals surface area contributed by atoms with E-state index in [0.717, 1.165) is 24.8 Å². The number of fused-ring (bicyclic) bond motifs is 4. The molecule has 0 aromatic carbocycles. The van der Waals surface area contributed by atoms with E-state index in [1.54, 1.807) is 12.2 Å². The molecule has 0 bridgehead atoms. The fourth-order valence-corrected chi connectivity index (χ4v) is 6.92. The van der Waals surface area contributed by atoms with Crippen LogP contribution in [0.5, 0.6) is 0 Å². The number of hydrogen-bond donors (Lipinski definition) is 2. The van der Waals surface area contributed by atoms with Gasteiger partial charge in [0.15, 0.2) is 17.2 Å². The van der Waals surface area contributed by atoms with Crippen molar-refractivity contribution in [3.05, 3.63) is 23.8 Å².